The molecule has 0 bridgehead atoms. The highest BCUT2D eigenvalue weighted by molar-refractivity contribution is 14.1. The van der Waals surface area contributed by atoms with E-state index in [1.54, 1.807) is 0 Å². The van der Waals surface area contributed by atoms with Crippen LogP contribution in [0.15, 0.2) is 106 Å². The Kier molecular flexibility index (Phi) is 11.8. The van der Waals surface area contributed by atoms with Crippen molar-refractivity contribution in [2.75, 3.05) is 11.1 Å². The summed E-state index contributed by atoms with van der Waals surface area (Å²) in [5.74, 6) is 0. The molecule has 0 atom stereocenters. The number of hydrogen-bond acceptors (Lipinski definition) is 2. The van der Waals surface area contributed by atoms with Crippen molar-refractivity contribution in [2.45, 2.75) is 0 Å². The summed E-state index contributed by atoms with van der Waals surface area (Å²) in [6, 6.07) is 31.1. The Morgan fingerprint density at radius 2 is 1.16 bits per heavy atom. The average molecular weight is 693 g/mol. The molecule has 0 aliphatic rings. The summed E-state index contributed by atoms with van der Waals surface area (Å²) >= 11 is 20.8. The number of benzene rings is 4. The quantitative estimate of drug-likeness (QED) is 0.125. The minimum absolute atomic E-state index is 0.696. The maximum absolute atomic E-state index is 6.13. The van der Waals surface area contributed by atoms with Gasteiger partial charge in [0, 0.05) is 23.9 Å². The molecule has 0 fully saturated rings. The maximum Gasteiger partial charge on any atom is 0.0782 e. The summed E-state index contributed by atoms with van der Waals surface area (Å²) in [4.78, 5) is 0. The first kappa shape index (κ1) is 26.0. The third-order valence-corrected chi connectivity index (χ3v) is 7.52. The largest absolute Gasteiger partial charge is 0.399 e. The number of rotatable bonds is 2. The van der Waals surface area contributed by atoms with Crippen LogP contribution in [0, 0.1) is 3.57 Å². The monoisotopic (exact) mass is 690 g/mol. The van der Waals surface area contributed by atoms with E-state index in [-0.39, 0.29) is 0 Å². The van der Waals surface area contributed by atoms with Gasteiger partial charge in [-0.15, -0.1) is 0 Å². The second-order valence-corrected chi connectivity index (χ2v) is 9.67. The van der Waals surface area contributed by atoms with E-state index >= 15 is 0 Å². The Hall–Kier alpha value is -1.25. The first-order valence-electron chi connectivity index (χ1n) is 9.04. The third-order valence-electron chi connectivity index (χ3n) is 3.71. The van der Waals surface area contributed by atoms with E-state index in [0.717, 1.165) is 34.6 Å². The number of halogens is 5. The van der Waals surface area contributed by atoms with Gasteiger partial charge in [-0.1, -0.05) is 71.7 Å². The van der Waals surface area contributed by atoms with E-state index in [9.17, 15) is 0 Å². The molecule has 2 nitrogen and oxygen atoms in total. The van der Waals surface area contributed by atoms with Crippen LogP contribution in [0.25, 0.3) is 0 Å². The Morgan fingerprint density at radius 3 is 1.65 bits per heavy atom. The topological polar surface area (TPSA) is 38.0 Å². The predicted molar refractivity (Wildman–Crippen MR) is 152 cm³/mol. The zero-order chi connectivity index (χ0) is 22.6. The van der Waals surface area contributed by atoms with Gasteiger partial charge in [0.15, 0.2) is 0 Å². The molecule has 160 valence electrons. The molecule has 4 aromatic carbocycles. The van der Waals surface area contributed by atoms with Crippen molar-refractivity contribution in [3.8, 4) is 0 Å². The lowest BCUT2D eigenvalue weighted by Gasteiger charge is -2.08. The lowest BCUT2D eigenvalue weighted by atomic mass is 10.3. The molecule has 4 aromatic rings. The zero-order valence-corrected chi connectivity index (χ0v) is 23.0. The highest BCUT2D eigenvalue weighted by Crippen LogP contribution is 2.31. The number of nitrogens with one attached hydrogen (secondary N) is 1. The zero-order valence-electron chi connectivity index (χ0n) is 16.2. The number of hydrogen-bond donors (Lipinski definition) is 2. The van der Waals surface area contributed by atoms with Gasteiger partial charge in [-0.25, -0.2) is 0 Å². The molecule has 0 aliphatic heterocycles. The van der Waals surface area contributed by atoms with Crippen molar-refractivity contribution in [3.05, 3.63) is 120 Å². The van der Waals surface area contributed by atoms with Crippen LogP contribution < -0.4 is 11.1 Å². The molecule has 3 N–H and O–H groups in total. The fourth-order valence-electron chi connectivity index (χ4n) is 2.21. The van der Waals surface area contributed by atoms with Crippen LogP contribution in [0.2, 0.25) is 10.0 Å². The van der Waals surface area contributed by atoms with Crippen LogP contribution in [-0.4, -0.2) is 0 Å². The molecule has 0 aromatic heterocycles. The summed E-state index contributed by atoms with van der Waals surface area (Å²) < 4.78 is 2.92. The molecule has 4 rings (SSSR count). The fraction of sp³-hybridized carbons (Fsp3) is 0. The summed E-state index contributed by atoms with van der Waals surface area (Å²) in [5, 5.41) is 4.74. The van der Waals surface area contributed by atoms with E-state index in [0.29, 0.717) is 5.02 Å². The minimum atomic E-state index is 0.696. The van der Waals surface area contributed by atoms with Crippen LogP contribution in [0.5, 0.6) is 0 Å². The van der Waals surface area contributed by atoms with E-state index in [4.69, 9.17) is 28.9 Å². The Labute approximate surface area is 223 Å². The van der Waals surface area contributed by atoms with Crippen molar-refractivity contribution < 1.29 is 0 Å². The van der Waals surface area contributed by atoms with Gasteiger partial charge in [0.2, 0.25) is 0 Å². The van der Waals surface area contributed by atoms with Crippen LogP contribution in [0.4, 0.5) is 17.1 Å². The molecular weight excluding hydrogens is 674 g/mol. The van der Waals surface area contributed by atoms with Crippen molar-refractivity contribution in [3.63, 3.8) is 0 Å². The second kappa shape index (κ2) is 14.0. The molecule has 7 heteroatoms. The number of anilines is 3. The van der Waals surface area contributed by atoms with E-state index in [2.05, 4.69) is 59.8 Å². The van der Waals surface area contributed by atoms with Gasteiger partial charge in [0.1, 0.15) is 0 Å². The van der Waals surface area contributed by atoms with Crippen molar-refractivity contribution in [2.24, 2.45) is 0 Å². The van der Waals surface area contributed by atoms with Gasteiger partial charge in [0.25, 0.3) is 0 Å². The van der Waals surface area contributed by atoms with Gasteiger partial charge < -0.3 is 11.1 Å². The number of nitrogen functional groups attached to an aromatic ring is 1. The van der Waals surface area contributed by atoms with Crippen molar-refractivity contribution >= 4 is 94.7 Å². The first-order valence-corrected chi connectivity index (χ1v) is 12.5. The normalized spacial score (nSPS) is 9.58. The van der Waals surface area contributed by atoms with Crippen LogP contribution in [0.1, 0.15) is 0 Å². The molecule has 0 saturated heterocycles. The molecule has 31 heavy (non-hydrogen) atoms. The summed E-state index contributed by atoms with van der Waals surface area (Å²) in [5.41, 5.74) is 8.11. The van der Waals surface area contributed by atoms with Crippen LogP contribution >= 0.6 is 77.7 Å². The van der Waals surface area contributed by atoms with E-state index < -0.39 is 0 Å². The summed E-state index contributed by atoms with van der Waals surface area (Å²) in [6.07, 6.45) is 0. The molecule has 0 radical (unpaired) electrons. The fourth-order valence-corrected chi connectivity index (χ4v) is 4.11. The summed E-state index contributed by atoms with van der Waals surface area (Å²) in [7, 11) is 0. The standard InChI is InChI=1S/C12H9BrClN.C6H3BrClI.C6H7N/c13-10-7-4-8-11(12(10)14)15-9-5-2-1-3-6-9;7-4-2-1-3-5(9)6(4)8;7-6-4-2-1-3-5-6/h1-8,15H;1-3H;1-5H,7H2. The van der Waals surface area contributed by atoms with Crippen molar-refractivity contribution in [1.82, 2.24) is 0 Å². The highest BCUT2D eigenvalue weighted by atomic mass is 127. The maximum atomic E-state index is 6.13. The van der Waals surface area contributed by atoms with E-state index in [1.807, 2.05) is 97.1 Å². The molecule has 0 amide bonds. The van der Waals surface area contributed by atoms with Gasteiger partial charge in [0.05, 0.1) is 15.7 Å². The molecule has 0 saturated carbocycles. The Morgan fingerprint density at radius 1 is 0.645 bits per heavy atom. The Balaban J connectivity index is 0.000000181. The van der Waals surface area contributed by atoms with Gasteiger partial charge in [-0.2, -0.15) is 0 Å². The van der Waals surface area contributed by atoms with Gasteiger partial charge in [-0.05, 0) is 103 Å². The first-order chi connectivity index (χ1) is 14.9. The smallest absolute Gasteiger partial charge is 0.0782 e. The minimum Gasteiger partial charge on any atom is -0.399 e. The summed E-state index contributed by atoms with van der Waals surface area (Å²) in [6.45, 7) is 0. The lowest BCUT2D eigenvalue weighted by Crippen LogP contribution is -1.90. The Bertz CT molecular complexity index is 1060. The molecule has 0 aliphatic carbocycles. The van der Waals surface area contributed by atoms with E-state index in [1.165, 1.54) is 0 Å². The molecular formula is C24H19Br2Cl2IN2. The average Bonchev–Trinajstić information content (AvgIpc) is 2.77. The second-order valence-electron chi connectivity index (χ2n) is 6.04. The SMILES string of the molecule is Clc1c(Br)cccc1I.Clc1c(Br)cccc1Nc1ccccc1.Nc1ccccc1. The predicted octanol–water partition coefficient (Wildman–Crippen LogP) is 9.82. The van der Waals surface area contributed by atoms with Gasteiger partial charge in [-0.3, -0.25) is 0 Å². The molecule has 0 unspecified atom stereocenters. The number of nitrogens with two attached hydrogens (primary N) is 1. The molecule has 0 spiro atoms. The molecule has 0 heterocycles. The van der Waals surface area contributed by atoms with Crippen LogP contribution in [0.3, 0.4) is 0 Å². The third kappa shape index (κ3) is 9.41. The number of para-hydroxylation sites is 2. The lowest BCUT2D eigenvalue weighted by molar-refractivity contribution is 1.53. The van der Waals surface area contributed by atoms with Crippen molar-refractivity contribution in [1.29, 1.82) is 0 Å². The van der Waals surface area contributed by atoms with Gasteiger partial charge >= 0.3 is 0 Å². The highest BCUT2D eigenvalue weighted by Gasteiger charge is 2.03. The van der Waals surface area contributed by atoms with Crippen LogP contribution in [-0.2, 0) is 0 Å².